The van der Waals surface area contributed by atoms with E-state index in [1.807, 2.05) is 0 Å². The van der Waals surface area contributed by atoms with Gasteiger partial charge in [-0.3, -0.25) is 9.80 Å². The minimum absolute atomic E-state index is 0.346. The molecule has 1 N–H and O–H groups in total. The first-order valence-electron chi connectivity index (χ1n) is 6.77. The Balaban J connectivity index is 1.87. The van der Waals surface area contributed by atoms with Gasteiger partial charge in [0.1, 0.15) is 0 Å². The highest BCUT2D eigenvalue weighted by Gasteiger charge is 2.33. The van der Waals surface area contributed by atoms with Gasteiger partial charge in [0.15, 0.2) is 0 Å². The second-order valence-corrected chi connectivity index (χ2v) is 6.20. The molecule has 0 amide bonds. The SMILES string of the molecule is CC(C)(C)N1CCC(N2CCCNCC2)C1. The van der Waals surface area contributed by atoms with Gasteiger partial charge >= 0.3 is 0 Å². The van der Waals surface area contributed by atoms with E-state index in [1.165, 1.54) is 52.1 Å². The molecule has 0 aliphatic carbocycles. The third-order valence-electron chi connectivity index (χ3n) is 4.00. The fourth-order valence-electron chi connectivity index (χ4n) is 2.88. The van der Waals surface area contributed by atoms with Crippen molar-refractivity contribution in [2.75, 3.05) is 39.3 Å². The van der Waals surface area contributed by atoms with Crippen LogP contribution in [-0.4, -0.2) is 60.6 Å². The molecule has 2 aliphatic rings. The first-order chi connectivity index (χ1) is 7.57. The maximum Gasteiger partial charge on any atom is 0.0236 e. The molecular weight excluding hydrogens is 198 g/mol. The number of hydrogen-bond acceptors (Lipinski definition) is 3. The van der Waals surface area contributed by atoms with Crippen LogP contribution in [0.25, 0.3) is 0 Å². The van der Waals surface area contributed by atoms with Gasteiger partial charge in [0.2, 0.25) is 0 Å². The van der Waals surface area contributed by atoms with Crippen molar-refractivity contribution in [3.05, 3.63) is 0 Å². The highest BCUT2D eigenvalue weighted by molar-refractivity contribution is 4.90. The Morgan fingerprint density at radius 1 is 1.06 bits per heavy atom. The molecule has 16 heavy (non-hydrogen) atoms. The summed E-state index contributed by atoms with van der Waals surface area (Å²) < 4.78 is 0. The van der Waals surface area contributed by atoms with Crippen molar-refractivity contribution in [1.29, 1.82) is 0 Å². The summed E-state index contributed by atoms with van der Waals surface area (Å²) in [5, 5.41) is 3.49. The van der Waals surface area contributed by atoms with Gasteiger partial charge in [-0.05, 0) is 46.7 Å². The third kappa shape index (κ3) is 2.96. The van der Waals surface area contributed by atoms with Crippen molar-refractivity contribution in [3.8, 4) is 0 Å². The summed E-state index contributed by atoms with van der Waals surface area (Å²) in [7, 11) is 0. The molecule has 0 bridgehead atoms. The van der Waals surface area contributed by atoms with Gasteiger partial charge in [-0.2, -0.15) is 0 Å². The minimum atomic E-state index is 0.346. The summed E-state index contributed by atoms with van der Waals surface area (Å²) in [6.45, 7) is 14.4. The number of nitrogens with one attached hydrogen (secondary N) is 1. The zero-order valence-corrected chi connectivity index (χ0v) is 11.1. The van der Waals surface area contributed by atoms with Gasteiger partial charge in [-0.25, -0.2) is 0 Å². The van der Waals surface area contributed by atoms with E-state index in [9.17, 15) is 0 Å². The maximum absolute atomic E-state index is 3.49. The molecular formula is C13H27N3. The molecule has 3 heteroatoms. The predicted molar refractivity (Wildman–Crippen MR) is 68.8 cm³/mol. The first-order valence-corrected chi connectivity index (χ1v) is 6.77. The van der Waals surface area contributed by atoms with Crippen molar-refractivity contribution >= 4 is 0 Å². The van der Waals surface area contributed by atoms with Crippen LogP contribution >= 0.6 is 0 Å². The highest BCUT2D eigenvalue weighted by Crippen LogP contribution is 2.23. The normalized spacial score (nSPS) is 30.6. The lowest BCUT2D eigenvalue weighted by molar-refractivity contribution is 0.146. The second-order valence-electron chi connectivity index (χ2n) is 6.20. The van der Waals surface area contributed by atoms with Crippen LogP contribution in [-0.2, 0) is 0 Å². The van der Waals surface area contributed by atoms with Crippen molar-refractivity contribution in [1.82, 2.24) is 15.1 Å². The fraction of sp³-hybridized carbons (Fsp3) is 1.00. The van der Waals surface area contributed by atoms with E-state index in [1.54, 1.807) is 0 Å². The van der Waals surface area contributed by atoms with Gasteiger partial charge in [0.05, 0.1) is 0 Å². The number of likely N-dealkylation sites (tertiary alicyclic amines) is 1. The molecule has 2 fully saturated rings. The first kappa shape index (κ1) is 12.3. The standard InChI is InChI=1S/C13H27N3/c1-13(2,3)16-9-5-12(11-16)15-8-4-6-14-7-10-15/h12,14H,4-11H2,1-3H3. The summed E-state index contributed by atoms with van der Waals surface area (Å²) in [6, 6.07) is 0.805. The largest absolute Gasteiger partial charge is 0.315 e. The smallest absolute Gasteiger partial charge is 0.0236 e. The van der Waals surface area contributed by atoms with Crippen molar-refractivity contribution in [3.63, 3.8) is 0 Å². The molecule has 0 saturated carbocycles. The van der Waals surface area contributed by atoms with Gasteiger partial charge in [-0.15, -0.1) is 0 Å². The van der Waals surface area contributed by atoms with Crippen molar-refractivity contribution < 1.29 is 0 Å². The van der Waals surface area contributed by atoms with Crippen LogP contribution in [0.3, 0.4) is 0 Å². The zero-order chi connectivity index (χ0) is 11.6. The van der Waals surface area contributed by atoms with Crippen molar-refractivity contribution in [2.45, 2.75) is 45.2 Å². The molecule has 3 nitrogen and oxygen atoms in total. The molecule has 2 rings (SSSR count). The Hall–Kier alpha value is -0.120. The molecule has 0 aromatic rings. The molecule has 0 spiro atoms. The Morgan fingerprint density at radius 3 is 2.56 bits per heavy atom. The second kappa shape index (κ2) is 5.03. The minimum Gasteiger partial charge on any atom is -0.315 e. The molecule has 2 saturated heterocycles. The van der Waals surface area contributed by atoms with Crippen LogP contribution in [0.5, 0.6) is 0 Å². The monoisotopic (exact) mass is 225 g/mol. The lowest BCUT2D eigenvalue weighted by atomic mass is 10.1. The number of hydrogen-bond donors (Lipinski definition) is 1. The molecule has 2 aliphatic heterocycles. The van der Waals surface area contributed by atoms with Gasteiger partial charge in [0.25, 0.3) is 0 Å². The van der Waals surface area contributed by atoms with E-state index in [0.717, 1.165) is 6.04 Å². The molecule has 2 heterocycles. The van der Waals surface area contributed by atoms with Crippen LogP contribution in [0.4, 0.5) is 0 Å². The van der Waals surface area contributed by atoms with Crippen LogP contribution in [0, 0.1) is 0 Å². The molecule has 0 aromatic heterocycles. The molecule has 0 aromatic carbocycles. The van der Waals surface area contributed by atoms with E-state index in [2.05, 4.69) is 35.9 Å². The summed E-state index contributed by atoms with van der Waals surface area (Å²) in [5.41, 5.74) is 0.346. The van der Waals surface area contributed by atoms with Crippen molar-refractivity contribution in [2.24, 2.45) is 0 Å². The quantitative estimate of drug-likeness (QED) is 0.722. The van der Waals surface area contributed by atoms with E-state index in [4.69, 9.17) is 0 Å². The number of nitrogens with zero attached hydrogens (tertiary/aromatic N) is 2. The predicted octanol–water partition coefficient (Wildman–Crippen LogP) is 1.15. The van der Waals surface area contributed by atoms with Gasteiger partial charge in [-0.1, -0.05) is 0 Å². The fourth-order valence-corrected chi connectivity index (χ4v) is 2.88. The highest BCUT2D eigenvalue weighted by atomic mass is 15.3. The molecule has 1 atom stereocenters. The van der Waals surface area contributed by atoms with Crippen LogP contribution < -0.4 is 5.32 Å². The maximum atomic E-state index is 3.49. The summed E-state index contributed by atoms with van der Waals surface area (Å²) in [6.07, 6.45) is 2.67. The van der Waals surface area contributed by atoms with Gasteiger partial charge in [0, 0.05) is 37.8 Å². The van der Waals surface area contributed by atoms with Crippen LogP contribution in [0.15, 0.2) is 0 Å². The Bertz CT molecular complexity index is 214. The average Bonchev–Trinajstić information content (AvgIpc) is 2.55. The number of rotatable bonds is 1. The van der Waals surface area contributed by atoms with E-state index >= 15 is 0 Å². The summed E-state index contributed by atoms with van der Waals surface area (Å²) >= 11 is 0. The van der Waals surface area contributed by atoms with Crippen LogP contribution in [0.2, 0.25) is 0 Å². The van der Waals surface area contributed by atoms with E-state index in [-0.39, 0.29) is 0 Å². The lowest BCUT2D eigenvalue weighted by Gasteiger charge is -2.33. The Labute approximate surface area is 100 Å². The Kier molecular flexibility index (Phi) is 3.88. The van der Waals surface area contributed by atoms with E-state index < -0.39 is 0 Å². The molecule has 0 radical (unpaired) electrons. The van der Waals surface area contributed by atoms with Gasteiger partial charge < -0.3 is 5.32 Å². The third-order valence-corrected chi connectivity index (χ3v) is 4.00. The van der Waals surface area contributed by atoms with E-state index in [0.29, 0.717) is 5.54 Å². The summed E-state index contributed by atoms with van der Waals surface area (Å²) in [5.74, 6) is 0. The summed E-state index contributed by atoms with van der Waals surface area (Å²) in [4.78, 5) is 5.34. The lowest BCUT2D eigenvalue weighted by Crippen LogP contribution is -2.44. The van der Waals surface area contributed by atoms with Crippen LogP contribution in [0.1, 0.15) is 33.6 Å². The zero-order valence-electron chi connectivity index (χ0n) is 11.1. The average molecular weight is 225 g/mol. The Morgan fingerprint density at radius 2 is 1.88 bits per heavy atom. The molecule has 1 unspecified atom stereocenters. The molecule has 94 valence electrons. The topological polar surface area (TPSA) is 18.5 Å².